The van der Waals surface area contributed by atoms with E-state index >= 15 is 0 Å². The van der Waals surface area contributed by atoms with Gasteiger partial charge < -0.3 is 25.2 Å². The van der Waals surface area contributed by atoms with Gasteiger partial charge in [-0.05, 0) is 67.1 Å². The number of nitrogens with zero attached hydrogens (tertiary/aromatic N) is 3. The van der Waals surface area contributed by atoms with Gasteiger partial charge in [-0.2, -0.15) is 11.3 Å². The number of amides is 3. The first-order valence-electron chi connectivity index (χ1n) is 12.2. The first kappa shape index (κ1) is 28.7. The van der Waals surface area contributed by atoms with Crippen LogP contribution in [0.2, 0.25) is 10.3 Å². The molecule has 1 aliphatic rings. The van der Waals surface area contributed by atoms with E-state index in [0.29, 0.717) is 43.4 Å². The van der Waals surface area contributed by atoms with Gasteiger partial charge in [-0.25, -0.2) is 9.78 Å². The summed E-state index contributed by atoms with van der Waals surface area (Å²) in [6.45, 7) is 7.89. The van der Waals surface area contributed by atoms with Crippen LogP contribution in [0.1, 0.15) is 47.7 Å². The van der Waals surface area contributed by atoms with Crippen LogP contribution in [0.25, 0.3) is 0 Å². The quantitative estimate of drug-likeness (QED) is 0.313. The number of hydrogen-bond acceptors (Lipinski definition) is 6. The Labute approximate surface area is 227 Å². The molecule has 0 bridgehead atoms. The molecule has 3 rings (SSSR count). The van der Waals surface area contributed by atoms with Crippen molar-refractivity contribution in [1.29, 1.82) is 0 Å². The predicted octanol–water partition coefficient (Wildman–Crippen LogP) is 4.59. The minimum Gasteiger partial charge on any atom is -0.383 e. The summed E-state index contributed by atoms with van der Waals surface area (Å²) >= 11 is 13.7. The van der Waals surface area contributed by atoms with Gasteiger partial charge >= 0.3 is 6.03 Å². The van der Waals surface area contributed by atoms with Gasteiger partial charge in [-0.1, -0.05) is 23.2 Å². The molecule has 0 aliphatic carbocycles. The lowest BCUT2D eigenvalue weighted by atomic mass is 10.0. The van der Waals surface area contributed by atoms with Crippen molar-refractivity contribution in [2.45, 2.75) is 51.7 Å². The second-order valence-electron chi connectivity index (χ2n) is 9.07. The number of thiophene rings is 1. The van der Waals surface area contributed by atoms with Crippen LogP contribution in [0.15, 0.2) is 22.9 Å². The molecule has 1 fully saturated rings. The van der Waals surface area contributed by atoms with Crippen LogP contribution in [-0.4, -0.2) is 78.7 Å². The molecule has 8 nitrogen and oxygen atoms in total. The summed E-state index contributed by atoms with van der Waals surface area (Å²) < 4.78 is 5.07. The molecule has 36 heavy (non-hydrogen) atoms. The summed E-state index contributed by atoms with van der Waals surface area (Å²) in [6.07, 6.45) is 2.62. The third-order valence-electron chi connectivity index (χ3n) is 6.56. The Balaban J connectivity index is 1.48. The van der Waals surface area contributed by atoms with Gasteiger partial charge in [0.2, 0.25) is 0 Å². The lowest BCUT2D eigenvalue weighted by Crippen LogP contribution is -2.52. The highest BCUT2D eigenvalue weighted by atomic mass is 35.5. The van der Waals surface area contributed by atoms with E-state index in [1.54, 1.807) is 31.4 Å². The molecular weight excluding hydrogens is 521 g/mol. The Kier molecular flexibility index (Phi) is 11.3. The number of nitrogens with one attached hydrogen (secondary N) is 2. The average molecular weight is 557 g/mol. The Morgan fingerprint density at radius 1 is 1.28 bits per heavy atom. The maximum Gasteiger partial charge on any atom is 0.318 e. The number of carbonyl (C=O) groups excluding carboxylic acids is 2. The molecular formula is C25H35Cl2N5O3S. The van der Waals surface area contributed by atoms with E-state index in [4.69, 9.17) is 27.9 Å². The largest absolute Gasteiger partial charge is 0.383 e. The maximum absolute atomic E-state index is 12.9. The predicted molar refractivity (Wildman–Crippen MR) is 145 cm³/mol. The van der Waals surface area contributed by atoms with Gasteiger partial charge in [0.25, 0.3) is 5.91 Å². The van der Waals surface area contributed by atoms with Gasteiger partial charge in [0, 0.05) is 51.9 Å². The van der Waals surface area contributed by atoms with Crippen LogP contribution in [0.3, 0.4) is 0 Å². The van der Waals surface area contributed by atoms with Crippen LogP contribution < -0.4 is 10.6 Å². The number of urea groups is 1. The summed E-state index contributed by atoms with van der Waals surface area (Å²) in [5.41, 5.74) is 2.22. The molecule has 1 saturated heterocycles. The number of carbonyl (C=O) groups is 2. The van der Waals surface area contributed by atoms with E-state index in [1.165, 1.54) is 0 Å². The molecule has 2 N–H and O–H groups in total. The first-order valence-corrected chi connectivity index (χ1v) is 13.9. The van der Waals surface area contributed by atoms with Crippen LogP contribution in [0, 0.1) is 6.92 Å². The number of piperidine rings is 1. The number of aryl methyl sites for hydroxylation is 1. The highest BCUT2D eigenvalue weighted by Gasteiger charge is 2.29. The number of methoxy groups -OCH3 is 1. The van der Waals surface area contributed by atoms with Crippen molar-refractivity contribution in [2.24, 2.45) is 0 Å². The van der Waals surface area contributed by atoms with Crippen molar-refractivity contribution in [3.8, 4) is 0 Å². The third kappa shape index (κ3) is 8.05. The molecule has 0 radical (unpaired) electrons. The maximum atomic E-state index is 12.9. The average Bonchev–Trinajstić information content (AvgIpc) is 3.35. The Morgan fingerprint density at radius 2 is 2.03 bits per heavy atom. The fourth-order valence-corrected chi connectivity index (χ4v) is 5.76. The molecule has 0 spiro atoms. The highest BCUT2D eigenvalue weighted by Crippen LogP contribution is 2.23. The molecule has 198 valence electrons. The molecule has 0 aromatic carbocycles. The van der Waals surface area contributed by atoms with Crippen LogP contribution in [0.4, 0.5) is 4.79 Å². The van der Waals surface area contributed by atoms with Gasteiger partial charge in [-0.3, -0.25) is 4.79 Å². The van der Waals surface area contributed by atoms with E-state index < -0.39 is 0 Å². The van der Waals surface area contributed by atoms with Gasteiger partial charge in [0.05, 0.1) is 12.2 Å². The molecule has 11 heteroatoms. The van der Waals surface area contributed by atoms with Gasteiger partial charge in [0.1, 0.15) is 10.3 Å². The van der Waals surface area contributed by atoms with Crippen molar-refractivity contribution in [3.63, 3.8) is 0 Å². The number of aromatic nitrogens is 1. The molecule has 0 unspecified atom stereocenters. The Morgan fingerprint density at radius 3 is 2.67 bits per heavy atom. The molecule has 2 aromatic rings. The molecule has 1 aliphatic heterocycles. The number of rotatable bonds is 11. The normalized spacial score (nSPS) is 15.5. The van der Waals surface area contributed by atoms with Crippen molar-refractivity contribution in [1.82, 2.24) is 25.4 Å². The number of hydrogen-bond donors (Lipinski definition) is 2. The number of likely N-dealkylation sites (tertiary alicyclic amines) is 1. The zero-order valence-corrected chi connectivity index (χ0v) is 23.4. The summed E-state index contributed by atoms with van der Waals surface area (Å²) in [7, 11) is 1.63. The van der Waals surface area contributed by atoms with Crippen molar-refractivity contribution < 1.29 is 14.3 Å². The smallest absolute Gasteiger partial charge is 0.318 e. The molecule has 1 atom stereocenters. The van der Waals surface area contributed by atoms with E-state index in [2.05, 4.69) is 38.9 Å². The van der Waals surface area contributed by atoms with Gasteiger partial charge in [0.15, 0.2) is 0 Å². The summed E-state index contributed by atoms with van der Waals surface area (Å²) in [5.74, 6) is -0.240. The SMILES string of the molecule is COCCNC(=O)N(Cc1ccsc1)C1CCN([C@H](C)CCNC(=O)c2c(C)cc(Cl)nc2Cl)CC1. The second kappa shape index (κ2) is 14.1. The first-order chi connectivity index (χ1) is 17.3. The van der Waals surface area contributed by atoms with Crippen molar-refractivity contribution in [3.05, 3.63) is 49.9 Å². The molecule has 2 aromatic heterocycles. The lowest BCUT2D eigenvalue weighted by Gasteiger charge is -2.40. The monoisotopic (exact) mass is 555 g/mol. The number of halogens is 2. The Bertz CT molecular complexity index is 977. The fraction of sp³-hybridized carbons (Fsp3) is 0.560. The number of ether oxygens (including phenoxy) is 1. The van der Waals surface area contributed by atoms with Crippen LogP contribution >= 0.6 is 34.5 Å². The van der Waals surface area contributed by atoms with E-state index in [9.17, 15) is 9.59 Å². The zero-order valence-electron chi connectivity index (χ0n) is 21.1. The standard InChI is InChI=1S/C25H35Cl2N5O3S/c1-17-14-21(26)30-23(27)22(17)24(33)28-8-4-18(2)31-10-5-20(6-11-31)32(15-19-7-13-36-16-19)25(34)29-9-12-35-3/h7,13-14,16,18,20H,4-6,8-12,15H2,1-3H3,(H,28,33)(H,29,34)/t18-/m1/s1. The molecule has 3 amide bonds. The summed E-state index contributed by atoms with van der Waals surface area (Å²) in [5, 5.41) is 10.5. The summed E-state index contributed by atoms with van der Waals surface area (Å²) in [6, 6.07) is 4.14. The van der Waals surface area contributed by atoms with Crippen molar-refractivity contribution >= 4 is 46.5 Å². The van der Waals surface area contributed by atoms with E-state index in [1.807, 2.05) is 10.3 Å². The second-order valence-corrected chi connectivity index (χ2v) is 10.6. The zero-order chi connectivity index (χ0) is 26.1. The van der Waals surface area contributed by atoms with Gasteiger partial charge in [-0.15, -0.1) is 0 Å². The topological polar surface area (TPSA) is 86.8 Å². The third-order valence-corrected chi connectivity index (χ3v) is 7.75. The van der Waals surface area contributed by atoms with Crippen LogP contribution in [-0.2, 0) is 11.3 Å². The minimum absolute atomic E-state index is 0.0434. The van der Waals surface area contributed by atoms with Crippen LogP contribution in [0.5, 0.6) is 0 Å². The number of pyridine rings is 1. The summed E-state index contributed by atoms with van der Waals surface area (Å²) in [4.78, 5) is 33.9. The van der Waals surface area contributed by atoms with E-state index in [-0.39, 0.29) is 28.3 Å². The minimum atomic E-state index is -0.240. The molecule has 3 heterocycles. The highest BCUT2D eigenvalue weighted by molar-refractivity contribution is 7.07. The fourth-order valence-electron chi connectivity index (χ4n) is 4.48. The van der Waals surface area contributed by atoms with Crippen molar-refractivity contribution in [2.75, 3.05) is 39.9 Å². The van der Waals surface area contributed by atoms with E-state index in [0.717, 1.165) is 37.9 Å². The molecule has 0 saturated carbocycles. The lowest BCUT2D eigenvalue weighted by molar-refractivity contribution is 0.0899. The Hall–Kier alpha value is -1.91.